The highest BCUT2D eigenvalue weighted by atomic mass is 16.6. The minimum atomic E-state index is -0.761. The molecule has 48 heavy (non-hydrogen) atoms. The molecule has 252 valence electrons. The van der Waals surface area contributed by atoms with Crippen molar-refractivity contribution in [1.82, 2.24) is 30.8 Å². The number of aromatic nitrogens is 4. The number of esters is 1. The fourth-order valence-electron chi connectivity index (χ4n) is 4.90. The van der Waals surface area contributed by atoms with Crippen molar-refractivity contribution in [1.29, 1.82) is 0 Å². The summed E-state index contributed by atoms with van der Waals surface area (Å²) in [7, 11) is 0. The minimum Gasteiger partial charge on any atom is -0.451 e. The quantitative estimate of drug-likeness (QED) is 0.0875. The van der Waals surface area contributed by atoms with Gasteiger partial charge in [0.05, 0.1) is 12.2 Å². The van der Waals surface area contributed by atoms with Gasteiger partial charge >= 0.3 is 12.1 Å². The summed E-state index contributed by atoms with van der Waals surface area (Å²) in [6, 6.07) is 14.8. The number of cyclic esters (lactones) is 1. The third-order valence-corrected chi connectivity index (χ3v) is 7.24. The van der Waals surface area contributed by atoms with Gasteiger partial charge in [0.1, 0.15) is 16.8 Å². The average Bonchev–Trinajstić information content (AvgIpc) is 3.59. The van der Waals surface area contributed by atoms with E-state index in [1.54, 1.807) is 24.5 Å². The molecule has 14 heteroatoms. The molecule has 4 N–H and O–H groups in total. The molecule has 0 aliphatic carbocycles. The van der Waals surface area contributed by atoms with E-state index < -0.39 is 17.3 Å². The first-order valence-electron chi connectivity index (χ1n) is 15.6. The molecule has 1 aliphatic rings. The fourth-order valence-corrected chi connectivity index (χ4v) is 4.90. The van der Waals surface area contributed by atoms with Gasteiger partial charge < -0.3 is 34.9 Å². The summed E-state index contributed by atoms with van der Waals surface area (Å²) in [6.45, 7) is 10.4. The smallest absolute Gasteiger partial charge is 0.407 e. The third kappa shape index (κ3) is 8.77. The van der Waals surface area contributed by atoms with Crippen LogP contribution in [0.15, 0.2) is 64.1 Å². The maximum absolute atomic E-state index is 12.2. The number of carbonyl (C=O) groups is 2. The van der Waals surface area contributed by atoms with Crippen LogP contribution in [0.1, 0.15) is 67.9 Å². The Kier molecular flexibility index (Phi) is 10.4. The van der Waals surface area contributed by atoms with Gasteiger partial charge in [-0.25, -0.2) is 19.6 Å². The van der Waals surface area contributed by atoms with Crippen LogP contribution < -0.4 is 16.0 Å². The highest BCUT2D eigenvalue weighted by molar-refractivity contribution is 5.95. The number of carbonyl (C=O) groups excluding carboxylic acids is 2. The summed E-state index contributed by atoms with van der Waals surface area (Å²) < 4.78 is 16.7. The summed E-state index contributed by atoms with van der Waals surface area (Å²) in [6.07, 6.45) is 3.14. The van der Waals surface area contributed by atoms with Crippen LogP contribution in [0.25, 0.3) is 11.5 Å². The molecule has 4 aromatic rings. The number of fused-ring (bicyclic) bond motifs is 1. The third-order valence-electron chi connectivity index (χ3n) is 7.24. The Balaban J connectivity index is 1.31. The van der Waals surface area contributed by atoms with Gasteiger partial charge in [-0.2, -0.15) is 4.98 Å². The van der Waals surface area contributed by atoms with Gasteiger partial charge in [-0.15, -0.1) is 10.2 Å². The van der Waals surface area contributed by atoms with Crippen molar-refractivity contribution in [3.05, 3.63) is 77.3 Å². The molecular weight excluding hydrogens is 616 g/mol. The first-order valence-corrected chi connectivity index (χ1v) is 15.6. The van der Waals surface area contributed by atoms with Crippen molar-refractivity contribution in [3.8, 4) is 11.5 Å². The van der Waals surface area contributed by atoms with Gasteiger partial charge in [0, 0.05) is 55.6 Å². The lowest BCUT2D eigenvalue weighted by Gasteiger charge is -2.19. The second kappa shape index (κ2) is 14.7. The van der Waals surface area contributed by atoms with Crippen LogP contribution in [0.5, 0.6) is 0 Å². The van der Waals surface area contributed by atoms with E-state index in [4.69, 9.17) is 13.9 Å². The number of anilines is 2. The Hall–Kier alpha value is -5.21. The number of hydrogen-bond acceptors (Lipinski definition) is 13. The molecule has 1 aliphatic heterocycles. The molecule has 0 saturated heterocycles. The number of aliphatic hydroxyl groups excluding tert-OH is 1. The molecule has 1 atom stereocenters. The molecule has 2 aromatic heterocycles. The number of alkyl carbamates (subject to hydrolysis) is 1. The summed E-state index contributed by atoms with van der Waals surface area (Å²) in [5.41, 5.74) is 1.92. The molecular formula is C34H40N8O6. The summed E-state index contributed by atoms with van der Waals surface area (Å²) in [5, 5.41) is 27.6. The molecule has 14 nitrogen and oxygen atoms in total. The first-order chi connectivity index (χ1) is 22.9. The van der Waals surface area contributed by atoms with E-state index in [-0.39, 0.29) is 36.2 Å². The zero-order valence-corrected chi connectivity index (χ0v) is 27.6. The van der Waals surface area contributed by atoms with Crippen molar-refractivity contribution >= 4 is 35.7 Å². The summed E-state index contributed by atoms with van der Waals surface area (Å²) in [4.78, 5) is 37.8. The predicted molar refractivity (Wildman–Crippen MR) is 179 cm³/mol. The highest BCUT2D eigenvalue weighted by Crippen LogP contribution is 2.38. The second-order valence-electron chi connectivity index (χ2n) is 12.6. The van der Waals surface area contributed by atoms with Crippen molar-refractivity contribution in [3.63, 3.8) is 0 Å². The van der Waals surface area contributed by atoms with Crippen LogP contribution >= 0.6 is 0 Å². The molecule has 0 saturated carbocycles. The molecule has 0 radical (unpaired) electrons. The van der Waals surface area contributed by atoms with Crippen molar-refractivity contribution in [2.45, 2.75) is 58.2 Å². The zero-order chi connectivity index (χ0) is 34.3. The minimum absolute atomic E-state index is 0.157. The van der Waals surface area contributed by atoms with Crippen molar-refractivity contribution in [2.75, 3.05) is 31.6 Å². The van der Waals surface area contributed by atoms with E-state index in [1.165, 1.54) is 0 Å². The van der Waals surface area contributed by atoms with E-state index in [1.807, 2.05) is 71.0 Å². The number of benzene rings is 2. The van der Waals surface area contributed by atoms with Crippen molar-refractivity contribution in [2.24, 2.45) is 4.99 Å². The maximum atomic E-state index is 12.2. The molecule has 0 spiro atoms. The number of aliphatic hydroxyl groups is 1. The lowest BCUT2D eigenvalue weighted by Crippen LogP contribution is -2.36. The normalized spacial score (nSPS) is 14.4. The first kappa shape index (κ1) is 34.1. The number of rotatable bonds is 13. The summed E-state index contributed by atoms with van der Waals surface area (Å²) in [5.74, 6) is 0.341. The maximum Gasteiger partial charge on any atom is 0.407 e. The van der Waals surface area contributed by atoms with E-state index in [9.17, 15) is 14.7 Å². The molecule has 2 aromatic carbocycles. The van der Waals surface area contributed by atoms with Gasteiger partial charge in [-0.1, -0.05) is 30.3 Å². The predicted octanol–water partition coefficient (Wildman–Crippen LogP) is 4.81. The lowest BCUT2D eigenvalue weighted by atomic mass is 9.95. The van der Waals surface area contributed by atoms with E-state index in [2.05, 4.69) is 41.1 Å². The number of aliphatic imine (C=N–C) groups is 1. The molecule has 0 fully saturated rings. The van der Waals surface area contributed by atoms with Crippen LogP contribution in [0.3, 0.4) is 0 Å². The van der Waals surface area contributed by atoms with Gasteiger partial charge in [0.2, 0.25) is 11.8 Å². The highest BCUT2D eigenvalue weighted by Gasteiger charge is 2.37. The number of nitrogens with one attached hydrogen (secondary N) is 3. The zero-order valence-electron chi connectivity index (χ0n) is 27.6. The largest absolute Gasteiger partial charge is 0.451 e. The molecule has 1 unspecified atom stereocenters. The van der Waals surface area contributed by atoms with Crippen LogP contribution in [-0.4, -0.2) is 75.4 Å². The van der Waals surface area contributed by atoms with E-state index in [0.29, 0.717) is 48.8 Å². The topological polar surface area (TPSA) is 186 Å². The van der Waals surface area contributed by atoms with Gasteiger partial charge in [-0.3, -0.25) is 0 Å². The van der Waals surface area contributed by atoms with Crippen molar-refractivity contribution < 1.29 is 28.6 Å². The SMILES string of the molecule is CC(C)(C)OC(=O)NCCNCCc1nnc(-c2cnc(Nc3ccc4c(c3)C(C)(C)OC4=O)nc2/N=C\C(CO)c2ccccc2)o1. The number of hydrogen-bond donors (Lipinski definition) is 4. The van der Waals surface area contributed by atoms with Gasteiger partial charge in [0.25, 0.3) is 5.89 Å². The average molecular weight is 657 g/mol. The lowest BCUT2D eigenvalue weighted by molar-refractivity contribution is 0.00951. The molecule has 3 heterocycles. The number of ether oxygens (including phenoxy) is 2. The Labute approximate surface area is 278 Å². The van der Waals surface area contributed by atoms with Crippen LogP contribution in [0.2, 0.25) is 0 Å². The summed E-state index contributed by atoms with van der Waals surface area (Å²) >= 11 is 0. The Morgan fingerprint density at radius 2 is 1.88 bits per heavy atom. The van der Waals surface area contributed by atoms with Gasteiger partial charge in [0.15, 0.2) is 5.82 Å². The van der Waals surface area contributed by atoms with Crippen LogP contribution in [0, 0.1) is 0 Å². The van der Waals surface area contributed by atoms with E-state index >= 15 is 0 Å². The number of nitrogens with zero attached hydrogens (tertiary/aromatic N) is 5. The Bertz CT molecular complexity index is 1770. The second-order valence-corrected chi connectivity index (χ2v) is 12.6. The van der Waals surface area contributed by atoms with Gasteiger partial charge in [-0.05, 0) is 58.4 Å². The molecule has 1 amide bonds. The molecule has 0 bridgehead atoms. The monoisotopic (exact) mass is 656 g/mol. The Morgan fingerprint density at radius 1 is 1.08 bits per heavy atom. The fraction of sp³-hybridized carbons (Fsp3) is 0.382. The number of amides is 1. The van der Waals surface area contributed by atoms with Crippen LogP contribution in [-0.2, 0) is 21.5 Å². The van der Waals surface area contributed by atoms with Crippen LogP contribution in [0.4, 0.5) is 22.2 Å². The van der Waals surface area contributed by atoms with E-state index in [0.717, 1.165) is 11.1 Å². The molecule has 5 rings (SSSR count). The standard InChI is InChI=1S/C34H40N8O6/c1-33(2,3)48-32(45)36-16-15-35-14-13-27-41-42-29(46-27)25-19-38-31(39-23-11-12-24-26(17-23)34(4,5)47-30(24)44)40-28(25)37-18-22(20-43)21-9-7-6-8-10-21/h6-12,17-19,22,35,43H,13-16,20H2,1-5H3,(H,36,45)(H,38,39,40)/b37-18-. The Morgan fingerprint density at radius 3 is 2.62 bits per heavy atom.